The Balaban J connectivity index is 1.30. The second-order valence-electron chi connectivity index (χ2n) is 8.28. The van der Waals surface area contributed by atoms with Crippen LogP contribution in [0.5, 0.6) is 5.75 Å². The van der Waals surface area contributed by atoms with Gasteiger partial charge in [0, 0.05) is 69.1 Å². The Morgan fingerprint density at radius 3 is 2.68 bits per heavy atom. The highest BCUT2D eigenvalue weighted by Gasteiger charge is 2.27. The third-order valence-corrected chi connectivity index (χ3v) is 7.13. The number of anilines is 1. The van der Waals surface area contributed by atoms with Crippen LogP contribution in [-0.4, -0.2) is 71.5 Å². The van der Waals surface area contributed by atoms with Crippen molar-refractivity contribution in [3.05, 3.63) is 47.2 Å². The lowest BCUT2D eigenvalue weighted by atomic mass is 10.1. The summed E-state index contributed by atoms with van der Waals surface area (Å²) in [5.74, 6) is 0.987. The predicted octanol–water partition coefficient (Wildman–Crippen LogP) is 3.35. The molecule has 2 aromatic heterocycles. The molecule has 0 unspecified atom stereocenters. The fraction of sp³-hybridized carbons (Fsp3) is 0.478. The molecule has 1 amide bonds. The zero-order valence-corrected chi connectivity index (χ0v) is 18.8. The Bertz CT molecular complexity index is 1050. The van der Waals surface area contributed by atoms with Gasteiger partial charge in [-0.3, -0.25) is 14.1 Å². The van der Waals surface area contributed by atoms with E-state index in [9.17, 15) is 4.79 Å². The van der Waals surface area contributed by atoms with E-state index in [1.54, 1.807) is 18.4 Å². The average molecular weight is 440 g/mol. The maximum absolute atomic E-state index is 13.2. The number of likely N-dealkylation sites (tertiary alicyclic amines) is 1. The van der Waals surface area contributed by atoms with Crippen molar-refractivity contribution in [2.24, 2.45) is 0 Å². The number of piperazine rings is 1. The number of nitrogens with zero attached hydrogens (tertiary/aromatic N) is 5. The summed E-state index contributed by atoms with van der Waals surface area (Å²) >= 11 is 1.59. The van der Waals surface area contributed by atoms with Crippen molar-refractivity contribution < 1.29 is 9.53 Å². The first-order chi connectivity index (χ1) is 15.2. The van der Waals surface area contributed by atoms with E-state index in [2.05, 4.69) is 26.3 Å². The van der Waals surface area contributed by atoms with Gasteiger partial charge in [0.1, 0.15) is 5.75 Å². The monoisotopic (exact) mass is 439 g/mol. The first kappa shape index (κ1) is 20.3. The number of rotatable bonds is 5. The molecule has 8 heteroatoms. The molecule has 31 heavy (non-hydrogen) atoms. The van der Waals surface area contributed by atoms with E-state index in [1.807, 2.05) is 28.6 Å². The molecule has 0 aliphatic carbocycles. The van der Waals surface area contributed by atoms with Crippen LogP contribution in [0.2, 0.25) is 0 Å². The van der Waals surface area contributed by atoms with E-state index < -0.39 is 0 Å². The second-order valence-corrected chi connectivity index (χ2v) is 9.15. The SMILES string of the molecule is COc1cccc(N2CCN(Cc3c(C(=O)N4CCCCC4)nc4sccn34)CC2)c1. The quantitative estimate of drug-likeness (QED) is 0.610. The molecule has 5 rings (SSSR count). The van der Waals surface area contributed by atoms with E-state index in [-0.39, 0.29) is 5.91 Å². The summed E-state index contributed by atoms with van der Waals surface area (Å²) in [4.78, 5) is 25.7. The summed E-state index contributed by atoms with van der Waals surface area (Å²) in [6.45, 7) is 6.25. The maximum Gasteiger partial charge on any atom is 0.274 e. The van der Waals surface area contributed by atoms with Crippen LogP contribution >= 0.6 is 11.3 Å². The number of ether oxygens (including phenoxy) is 1. The van der Waals surface area contributed by atoms with Gasteiger partial charge in [0.15, 0.2) is 10.7 Å². The van der Waals surface area contributed by atoms with Gasteiger partial charge in [-0.25, -0.2) is 4.98 Å². The van der Waals surface area contributed by atoms with Crippen molar-refractivity contribution in [2.45, 2.75) is 25.8 Å². The van der Waals surface area contributed by atoms with Gasteiger partial charge in [0.25, 0.3) is 5.91 Å². The fourth-order valence-electron chi connectivity index (χ4n) is 4.58. The summed E-state index contributed by atoms with van der Waals surface area (Å²) < 4.78 is 7.48. The number of piperidine rings is 1. The van der Waals surface area contributed by atoms with Crippen LogP contribution in [0.3, 0.4) is 0 Å². The molecule has 0 radical (unpaired) electrons. The Morgan fingerprint density at radius 2 is 1.90 bits per heavy atom. The number of imidazole rings is 1. The van der Waals surface area contributed by atoms with Gasteiger partial charge in [-0.05, 0) is 31.4 Å². The molecule has 2 fully saturated rings. The minimum absolute atomic E-state index is 0.0978. The van der Waals surface area contributed by atoms with Crippen LogP contribution in [0.15, 0.2) is 35.8 Å². The molecule has 2 aliphatic heterocycles. The summed E-state index contributed by atoms with van der Waals surface area (Å²) in [6.07, 6.45) is 5.44. The number of benzene rings is 1. The van der Waals surface area contributed by atoms with E-state index in [0.717, 1.165) is 75.1 Å². The lowest BCUT2D eigenvalue weighted by molar-refractivity contribution is 0.0716. The van der Waals surface area contributed by atoms with Gasteiger partial charge in [-0.2, -0.15) is 0 Å². The minimum atomic E-state index is 0.0978. The van der Waals surface area contributed by atoms with Crippen LogP contribution in [0.25, 0.3) is 4.96 Å². The number of carbonyl (C=O) groups is 1. The normalized spacial score (nSPS) is 18.0. The topological polar surface area (TPSA) is 53.3 Å². The molecular weight excluding hydrogens is 410 g/mol. The molecule has 2 aliphatic rings. The summed E-state index contributed by atoms with van der Waals surface area (Å²) in [5, 5.41) is 2.04. The minimum Gasteiger partial charge on any atom is -0.497 e. The highest BCUT2D eigenvalue weighted by Crippen LogP contribution is 2.25. The molecule has 0 spiro atoms. The van der Waals surface area contributed by atoms with Gasteiger partial charge < -0.3 is 14.5 Å². The van der Waals surface area contributed by atoms with Crippen molar-refractivity contribution in [1.29, 1.82) is 0 Å². The number of carbonyl (C=O) groups excluding carboxylic acids is 1. The Kier molecular flexibility index (Phi) is 5.82. The molecular formula is C23H29N5O2S. The molecule has 4 heterocycles. The second kappa shape index (κ2) is 8.88. The number of hydrogen-bond acceptors (Lipinski definition) is 6. The van der Waals surface area contributed by atoms with Gasteiger partial charge in [0.05, 0.1) is 12.8 Å². The lowest BCUT2D eigenvalue weighted by Gasteiger charge is -2.36. The zero-order valence-electron chi connectivity index (χ0n) is 18.0. The van der Waals surface area contributed by atoms with Gasteiger partial charge in [0.2, 0.25) is 0 Å². The van der Waals surface area contributed by atoms with E-state index in [1.165, 1.54) is 12.1 Å². The third-order valence-electron chi connectivity index (χ3n) is 6.37. The molecule has 0 bridgehead atoms. The summed E-state index contributed by atoms with van der Waals surface area (Å²) in [7, 11) is 1.70. The summed E-state index contributed by atoms with van der Waals surface area (Å²) in [6, 6.07) is 8.25. The van der Waals surface area contributed by atoms with Crippen LogP contribution in [0, 0.1) is 0 Å². The van der Waals surface area contributed by atoms with Crippen molar-refractivity contribution in [1.82, 2.24) is 19.2 Å². The number of hydrogen-bond donors (Lipinski definition) is 0. The third kappa shape index (κ3) is 4.14. The van der Waals surface area contributed by atoms with Crippen molar-refractivity contribution in [3.63, 3.8) is 0 Å². The Labute approximate surface area is 186 Å². The van der Waals surface area contributed by atoms with Gasteiger partial charge >= 0.3 is 0 Å². The molecule has 164 valence electrons. The number of aromatic nitrogens is 2. The van der Waals surface area contributed by atoms with Crippen molar-refractivity contribution in [2.75, 3.05) is 51.3 Å². The molecule has 3 aromatic rings. The van der Waals surface area contributed by atoms with Crippen LogP contribution in [-0.2, 0) is 6.54 Å². The fourth-order valence-corrected chi connectivity index (χ4v) is 5.32. The molecule has 0 atom stereocenters. The predicted molar refractivity (Wildman–Crippen MR) is 123 cm³/mol. The van der Waals surface area contributed by atoms with E-state index in [0.29, 0.717) is 5.69 Å². The van der Waals surface area contributed by atoms with Gasteiger partial charge in [-0.1, -0.05) is 6.07 Å². The highest BCUT2D eigenvalue weighted by molar-refractivity contribution is 7.15. The van der Waals surface area contributed by atoms with E-state index >= 15 is 0 Å². The number of thiazole rings is 1. The van der Waals surface area contributed by atoms with Gasteiger partial charge in [-0.15, -0.1) is 11.3 Å². The average Bonchev–Trinajstić information content (AvgIpc) is 3.42. The Morgan fingerprint density at radius 1 is 1.10 bits per heavy atom. The summed E-state index contributed by atoms with van der Waals surface area (Å²) in [5.41, 5.74) is 2.87. The zero-order chi connectivity index (χ0) is 21.2. The van der Waals surface area contributed by atoms with Crippen LogP contribution in [0.1, 0.15) is 35.4 Å². The first-order valence-corrected chi connectivity index (χ1v) is 12.0. The van der Waals surface area contributed by atoms with E-state index in [4.69, 9.17) is 9.72 Å². The highest BCUT2D eigenvalue weighted by atomic mass is 32.1. The molecule has 0 saturated carbocycles. The molecule has 1 aromatic carbocycles. The number of amides is 1. The standard InChI is InChI=1S/C23H29N5O2S/c1-30-19-7-5-6-18(16-19)26-12-10-25(11-13-26)17-20-21(24-23-28(20)14-15-31-23)22(29)27-8-3-2-4-9-27/h5-7,14-16H,2-4,8-13,17H2,1H3. The van der Waals surface area contributed by atoms with Crippen LogP contribution in [0.4, 0.5) is 5.69 Å². The maximum atomic E-state index is 13.2. The van der Waals surface area contributed by atoms with Crippen LogP contribution < -0.4 is 9.64 Å². The molecule has 7 nitrogen and oxygen atoms in total. The molecule has 2 saturated heterocycles. The van der Waals surface area contributed by atoms with Crippen molar-refractivity contribution in [3.8, 4) is 5.75 Å². The molecule has 0 N–H and O–H groups in total. The number of fused-ring (bicyclic) bond motifs is 1. The smallest absolute Gasteiger partial charge is 0.274 e. The number of methoxy groups -OCH3 is 1. The van der Waals surface area contributed by atoms with Crippen molar-refractivity contribution >= 4 is 27.9 Å². The first-order valence-electron chi connectivity index (χ1n) is 11.1. The Hall–Kier alpha value is -2.58. The lowest BCUT2D eigenvalue weighted by Crippen LogP contribution is -2.46. The largest absolute Gasteiger partial charge is 0.497 e.